The van der Waals surface area contributed by atoms with Gasteiger partial charge in [-0.05, 0) is 24.3 Å². The Hall–Kier alpha value is -3.25. The molecule has 2 heterocycles. The van der Waals surface area contributed by atoms with Crippen molar-refractivity contribution in [2.45, 2.75) is 0 Å². The number of halogens is 1. The molecule has 0 saturated carbocycles. The van der Waals surface area contributed by atoms with E-state index in [9.17, 15) is 9.59 Å². The predicted octanol–water partition coefficient (Wildman–Crippen LogP) is 2.96. The highest BCUT2D eigenvalue weighted by Gasteiger charge is 2.04. The first kappa shape index (κ1) is 18.1. The zero-order chi connectivity index (χ0) is 17.1. The summed E-state index contributed by atoms with van der Waals surface area (Å²) in [5, 5.41) is 2.01. The molecule has 2 aromatic heterocycles. The largest absolute Gasteiger partial charge is 0.364 e. The summed E-state index contributed by atoms with van der Waals surface area (Å²) in [5.74, 6) is -0.850. The predicted molar refractivity (Wildman–Crippen MR) is 101 cm³/mol. The van der Waals surface area contributed by atoms with E-state index in [0.717, 1.165) is 21.8 Å². The number of nitrogens with two attached hydrogens (primary N) is 2. The van der Waals surface area contributed by atoms with E-state index in [1.54, 1.807) is 12.1 Å². The summed E-state index contributed by atoms with van der Waals surface area (Å²) in [7, 11) is 0. The molecule has 4 rings (SSSR count). The van der Waals surface area contributed by atoms with Gasteiger partial charge < -0.3 is 21.4 Å². The quantitative estimate of drug-likeness (QED) is 0.442. The molecule has 0 aliphatic rings. The van der Waals surface area contributed by atoms with Crippen molar-refractivity contribution < 1.29 is 9.59 Å². The molecule has 25 heavy (non-hydrogen) atoms. The summed E-state index contributed by atoms with van der Waals surface area (Å²) in [5.41, 5.74) is 13.0. The monoisotopic (exact) mass is 356 g/mol. The van der Waals surface area contributed by atoms with Crippen LogP contribution < -0.4 is 11.5 Å². The molecule has 0 fully saturated rings. The van der Waals surface area contributed by atoms with E-state index in [-0.39, 0.29) is 12.4 Å². The van der Waals surface area contributed by atoms with Gasteiger partial charge in [-0.25, -0.2) is 0 Å². The second kappa shape index (κ2) is 7.55. The van der Waals surface area contributed by atoms with Gasteiger partial charge in [0.1, 0.15) is 11.4 Å². The standard InChI is InChI=1S/2C9H8N2O.ClH/c2*10-9(12)8-5-6-3-1-2-4-7(6)11-8;/h2*1-5,11H,(H2,10,12);1H. The molecule has 2 amide bonds. The van der Waals surface area contributed by atoms with Crippen molar-refractivity contribution in [3.8, 4) is 0 Å². The van der Waals surface area contributed by atoms with Gasteiger partial charge in [0.05, 0.1) is 0 Å². The summed E-state index contributed by atoms with van der Waals surface area (Å²) in [6.07, 6.45) is 0. The first-order valence-electron chi connectivity index (χ1n) is 7.29. The topological polar surface area (TPSA) is 118 Å². The lowest BCUT2D eigenvalue weighted by molar-refractivity contribution is 0.0988. The Bertz CT molecular complexity index is 886. The Labute approximate surface area is 149 Å². The Kier molecular flexibility index (Phi) is 5.46. The number of carbonyl (C=O) groups excluding carboxylic acids is 2. The fourth-order valence-electron chi connectivity index (χ4n) is 2.41. The molecule has 0 radical (unpaired) electrons. The third kappa shape index (κ3) is 3.99. The number of amides is 2. The maximum absolute atomic E-state index is 10.8. The average molecular weight is 357 g/mol. The summed E-state index contributed by atoms with van der Waals surface area (Å²) in [6.45, 7) is 0. The van der Waals surface area contributed by atoms with Crippen molar-refractivity contribution in [2.75, 3.05) is 0 Å². The van der Waals surface area contributed by atoms with Crippen molar-refractivity contribution in [1.82, 2.24) is 9.97 Å². The fourth-order valence-corrected chi connectivity index (χ4v) is 2.41. The number of primary amides is 2. The van der Waals surface area contributed by atoms with Crippen LogP contribution >= 0.6 is 12.4 Å². The van der Waals surface area contributed by atoms with Gasteiger partial charge in [-0.15, -0.1) is 12.4 Å². The zero-order valence-corrected chi connectivity index (χ0v) is 14.0. The highest BCUT2D eigenvalue weighted by molar-refractivity contribution is 5.97. The van der Waals surface area contributed by atoms with Crippen molar-refractivity contribution >= 4 is 46.0 Å². The number of hydrogen-bond acceptors (Lipinski definition) is 2. The summed E-state index contributed by atoms with van der Waals surface area (Å²) in [4.78, 5) is 27.4. The second-order valence-electron chi connectivity index (χ2n) is 5.27. The molecule has 7 heteroatoms. The van der Waals surface area contributed by atoms with Crippen LogP contribution in [0.5, 0.6) is 0 Å². The second-order valence-corrected chi connectivity index (χ2v) is 5.27. The third-order valence-corrected chi connectivity index (χ3v) is 3.59. The Morgan fingerprint density at radius 3 is 1.36 bits per heavy atom. The lowest BCUT2D eigenvalue weighted by Gasteiger charge is -1.85. The van der Waals surface area contributed by atoms with Gasteiger partial charge in [0.15, 0.2) is 0 Å². The van der Waals surface area contributed by atoms with Crippen LogP contribution in [0.25, 0.3) is 21.8 Å². The van der Waals surface area contributed by atoms with Crippen molar-refractivity contribution in [3.63, 3.8) is 0 Å². The van der Waals surface area contributed by atoms with Crippen LogP contribution in [0.2, 0.25) is 0 Å². The lowest BCUT2D eigenvalue weighted by atomic mass is 10.2. The average Bonchev–Trinajstić information content (AvgIpc) is 3.19. The number of para-hydroxylation sites is 2. The summed E-state index contributed by atoms with van der Waals surface area (Å²) >= 11 is 0. The maximum Gasteiger partial charge on any atom is 0.265 e. The van der Waals surface area contributed by atoms with Gasteiger partial charge >= 0.3 is 0 Å². The lowest BCUT2D eigenvalue weighted by Crippen LogP contribution is -2.10. The number of nitrogens with one attached hydrogen (secondary N) is 2. The van der Waals surface area contributed by atoms with E-state index in [1.165, 1.54) is 0 Å². The van der Waals surface area contributed by atoms with Crippen molar-refractivity contribution in [3.05, 3.63) is 72.1 Å². The van der Waals surface area contributed by atoms with Crippen molar-refractivity contribution in [2.24, 2.45) is 11.5 Å². The number of fused-ring (bicyclic) bond motifs is 2. The molecular formula is C18H17ClN4O2. The SMILES string of the molecule is Cl.NC(=O)c1cc2ccccc2[nH]1.NC(=O)c1cc2ccccc2[nH]1. The van der Waals surface area contributed by atoms with Crippen molar-refractivity contribution in [1.29, 1.82) is 0 Å². The molecule has 0 spiro atoms. The van der Waals surface area contributed by atoms with Gasteiger partial charge in [0.2, 0.25) is 0 Å². The Morgan fingerprint density at radius 1 is 0.680 bits per heavy atom. The van der Waals surface area contributed by atoms with E-state index in [1.807, 2.05) is 48.5 Å². The van der Waals surface area contributed by atoms with Crippen LogP contribution in [0.15, 0.2) is 60.7 Å². The maximum atomic E-state index is 10.8. The van der Waals surface area contributed by atoms with Gasteiger partial charge in [0.25, 0.3) is 11.8 Å². The van der Waals surface area contributed by atoms with E-state index in [4.69, 9.17) is 11.5 Å². The smallest absolute Gasteiger partial charge is 0.265 e. The summed E-state index contributed by atoms with van der Waals surface area (Å²) in [6, 6.07) is 18.8. The molecule has 0 aliphatic carbocycles. The van der Waals surface area contributed by atoms with E-state index in [2.05, 4.69) is 9.97 Å². The van der Waals surface area contributed by atoms with Crippen LogP contribution in [0.4, 0.5) is 0 Å². The normalized spacial score (nSPS) is 9.92. The van der Waals surface area contributed by atoms with Crippen LogP contribution in [-0.2, 0) is 0 Å². The first-order chi connectivity index (χ1) is 11.5. The van der Waals surface area contributed by atoms with Crippen LogP contribution in [0, 0.1) is 0 Å². The minimum atomic E-state index is -0.425. The number of hydrogen-bond donors (Lipinski definition) is 4. The highest BCUT2D eigenvalue weighted by Crippen LogP contribution is 2.14. The van der Waals surface area contributed by atoms with Gasteiger partial charge in [-0.2, -0.15) is 0 Å². The number of carbonyl (C=O) groups is 2. The fraction of sp³-hybridized carbons (Fsp3) is 0. The van der Waals surface area contributed by atoms with Crippen LogP contribution in [-0.4, -0.2) is 21.8 Å². The Morgan fingerprint density at radius 2 is 1.04 bits per heavy atom. The molecule has 0 saturated heterocycles. The van der Waals surface area contributed by atoms with E-state index < -0.39 is 11.8 Å². The minimum Gasteiger partial charge on any atom is -0.364 e. The zero-order valence-electron chi connectivity index (χ0n) is 13.2. The van der Waals surface area contributed by atoms with Crippen LogP contribution in [0.1, 0.15) is 21.0 Å². The molecule has 0 aliphatic heterocycles. The number of benzene rings is 2. The number of H-pyrrole nitrogens is 2. The first-order valence-corrected chi connectivity index (χ1v) is 7.29. The summed E-state index contributed by atoms with van der Waals surface area (Å²) < 4.78 is 0. The molecule has 0 atom stereocenters. The number of rotatable bonds is 2. The molecule has 0 bridgehead atoms. The number of aromatic amines is 2. The molecular weight excluding hydrogens is 340 g/mol. The van der Waals surface area contributed by atoms with Gasteiger partial charge in [-0.1, -0.05) is 36.4 Å². The molecule has 4 aromatic rings. The highest BCUT2D eigenvalue weighted by atomic mass is 35.5. The molecule has 6 N–H and O–H groups in total. The molecule has 0 unspecified atom stereocenters. The van der Waals surface area contributed by atoms with Gasteiger partial charge in [0, 0.05) is 21.8 Å². The molecule has 128 valence electrons. The number of aromatic nitrogens is 2. The van der Waals surface area contributed by atoms with Crippen LogP contribution in [0.3, 0.4) is 0 Å². The molecule has 2 aromatic carbocycles. The minimum absolute atomic E-state index is 0. The molecule has 6 nitrogen and oxygen atoms in total. The van der Waals surface area contributed by atoms with E-state index >= 15 is 0 Å². The van der Waals surface area contributed by atoms with Gasteiger partial charge in [-0.3, -0.25) is 9.59 Å². The third-order valence-electron chi connectivity index (χ3n) is 3.59. The Balaban J connectivity index is 0.000000173. The van der Waals surface area contributed by atoms with E-state index in [0.29, 0.717) is 11.4 Å².